The van der Waals surface area contributed by atoms with Crippen molar-refractivity contribution >= 4 is 23.1 Å². The topological polar surface area (TPSA) is 169 Å². The summed E-state index contributed by atoms with van der Waals surface area (Å²) in [5, 5.41) is 21.7. The van der Waals surface area contributed by atoms with Gasteiger partial charge in [0, 0.05) is 12.4 Å². The molecule has 0 unspecified atom stereocenters. The zero-order valence-electron chi connectivity index (χ0n) is 14.0. The van der Waals surface area contributed by atoms with Crippen molar-refractivity contribution in [3.05, 3.63) is 64.2 Å². The lowest BCUT2D eigenvalue weighted by Crippen LogP contribution is -2.16. The van der Waals surface area contributed by atoms with Crippen LogP contribution in [-0.2, 0) is 6.54 Å². The molecule has 0 amide bonds. The quantitative estimate of drug-likeness (QED) is 0.435. The van der Waals surface area contributed by atoms with Crippen molar-refractivity contribution in [1.29, 1.82) is 0 Å². The minimum absolute atomic E-state index is 0.0270. The van der Waals surface area contributed by atoms with E-state index < -0.39 is 17.5 Å². The smallest absolute Gasteiger partial charge is 0.338 e. The molecule has 0 atom stereocenters. The fourth-order valence-corrected chi connectivity index (χ4v) is 2.57. The highest BCUT2D eigenvalue weighted by Gasteiger charge is 2.14. The number of aromatic carboxylic acids is 2. The molecule has 0 spiro atoms. The Kier molecular flexibility index (Phi) is 3.92. The van der Waals surface area contributed by atoms with Gasteiger partial charge in [-0.2, -0.15) is 10.1 Å². The minimum Gasteiger partial charge on any atom is -0.478 e. The third-order valence-electron chi connectivity index (χ3n) is 3.92. The molecule has 12 heteroatoms. The van der Waals surface area contributed by atoms with Crippen LogP contribution in [0.3, 0.4) is 0 Å². The first kappa shape index (κ1) is 17.1. The van der Waals surface area contributed by atoms with Crippen LogP contribution in [0.1, 0.15) is 26.4 Å². The Morgan fingerprint density at radius 1 is 1.07 bits per heavy atom. The number of imidazole rings is 1. The predicted molar refractivity (Wildman–Crippen MR) is 92.5 cm³/mol. The van der Waals surface area contributed by atoms with E-state index in [2.05, 4.69) is 25.0 Å². The van der Waals surface area contributed by atoms with Gasteiger partial charge in [0.25, 0.3) is 5.56 Å². The molecule has 140 valence electrons. The van der Waals surface area contributed by atoms with Crippen LogP contribution in [0.5, 0.6) is 0 Å². The number of H-pyrrole nitrogens is 1. The molecule has 0 saturated carbocycles. The van der Waals surface area contributed by atoms with Gasteiger partial charge in [-0.25, -0.2) is 19.3 Å². The van der Waals surface area contributed by atoms with Gasteiger partial charge in [-0.3, -0.25) is 14.8 Å². The summed E-state index contributed by atoms with van der Waals surface area (Å²) in [6.07, 6.45) is 5.00. The zero-order chi connectivity index (χ0) is 19.8. The summed E-state index contributed by atoms with van der Waals surface area (Å²) in [6, 6.07) is 2.96. The largest absolute Gasteiger partial charge is 0.478 e. The van der Waals surface area contributed by atoms with Crippen molar-refractivity contribution in [2.24, 2.45) is 0 Å². The highest BCUT2D eigenvalue weighted by molar-refractivity contribution is 5.87. The fourth-order valence-electron chi connectivity index (χ4n) is 2.57. The van der Waals surface area contributed by atoms with E-state index in [1.807, 2.05) is 0 Å². The van der Waals surface area contributed by atoms with Crippen LogP contribution in [0, 0.1) is 0 Å². The Labute approximate surface area is 154 Å². The molecule has 0 aliphatic carbocycles. The zero-order valence-corrected chi connectivity index (χ0v) is 14.0. The molecule has 4 heterocycles. The van der Waals surface area contributed by atoms with Crippen molar-refractivity contribution in [2.45, 2.75) is 6.54 Å². The summed E-state index contributed by atoms with van der Waals surface area (Å²) in [7, 11) is 0. The van der Waals surface area contributed by atoms with E-state index in [4.69, 9.17) is 10.2 Å². The Morgan fingerprint density at radius 2 is 1.86 bits per heavy atom. The molecule has 4 aromatic heterocycles. The van der Waals surface area contributed by atoms with Crippen molar-refractivity contribution in [3.8, 4) is 5.95 Å². The van der Waals surface area contributed by atoms with Crippen LogP contribution in [0.2, 0.25) is 0 Å². The number of hydrogen-bond donors (Lipinski definition) is 3. The molecular formula is C16H11N7O5. The van der Waals surface area contributed by atoms with Crippen LogP contribution in [0.4, 0.5) is 0 Å². The molecule has 0 fully saturated rings. The van der Waals surface area contributed by atoms with Crippen LogP contribution in [0.15, 0.2) is 41.8 Å². The number of hydrogen-bond acceptors (Lipinski definition) is 7. The van der Waals surface area contributed by atoms with Crippen molar-refractivity contribution in [3.63, 3.8) is 0 Å². The van der Waals surface area contributed by atoms with E-state index in [0.29, 0.717) is 5.69 Å². The Bertz CT molecular complexity index is 1270. The van der Waals surface area contributed by atoms with Crippen molar-refractivity contribution < 1.29 is 19.8 Å². The monoisotopic (exact) mass is 381 g/mol. The maximum Gasteiger partial charge on any atom is 0.338 e. The Balaban J connectivity index is 1.69. The maximum absolute atomic E-state index is 12.5. The lowest BCUT2D eigenvalue weighted by atomic mass is 10.2. The first-order valence-electron chi connectivity index (χ1n) is 7.84. The molecule has 0 aromatic carbocycles. The van der Waals surface area contributed by atoms with E-state index in [9.17, 15) is 14.4 Å². The lowest BCUT2D eigenvalue weighted by Gasteiger charge is -2.04. The molecule has 4 rings (SSSR count). The fraction of sp³-hybridized carbons (Fsp3) is 0.0625. The molecule has 0 aliphatic heterocycles. The van der Waals surface area contributed by atoms with Gasteiger partial charge in [0.15, 0.2) is 11.2 Å². The van der Waals surface area contributed by atoms with Gasteiger partial charge in [0.1, 0.15) is 0 Å². The lowest BCUT2D eigenvalue weighted by molar-refractivity contribution is 0.0685. The van der Waals surface area contributed by atoms with Gasteiger partial charge in [-0.15, -0.1) is 0 Å². The minimum atomic E-state index is -1.15. The van der Waals surface area contributed by atoms with E-state index in [0.717, 1.165) is 10.9 Å². The number of pyridine rings is 1. The molecule has 0 aliphatic rings. The maximum atomic E-state index is 12.5. The molecule has 12 nitrogen and oxygen atoms in total. The standard InChI is InChI=1S/C16H11N7O5/c24-13-11-12(20-16(21-13)23-5-9(4-19-23)15(27)28)18-7-22(11)6-10-2-1-8(3-17-10)14(25)26/h1-5,7H,6H2,(H,25,26)(H,27,28)(H,20,21,24). The van der Waals surface area contributed by atoms with Crippen LogP contribution >= 0.6 is 0 Å². The number of carbonyl (C=O) groups is 2. The highest BCUT2D eigenvalue weighted by atomic mass is 16.4. The highest BCUT2D eigenvalue weighted by Crippen LogP contribution is 2.11. The van der Waals surface area contributed by atoms with Gasteiger partial charge in [0.05, 0.1) is 35.9 Å². The number of carboxylic acids is 2. The van der Waals surface area contributed by atoms with E-state index in [1.165, 1.54) is 29.4 Å². The summed E-state index contributed by atoms with van der Waals surface area (Å²) in [4.78, 5) is 49.3. The average Bonchev–Trinajstić information content (AvgIpc) is 3.30. The van der Waals surface area contributed by atoms with E-state index in [-0.39, 0.29) is 34.8 Å². The Morgan fingerprint density at radius 3 is 2.50 bits per heavy atom. The van der Waals surface area contributed by atoms with Gasteiger partial charge in [-0.05, 0) is 12.1 Å². The summed E-state index contributed by atoms with van der Waals surface area (Å²) in [6.45, 7) is 0.186. The number of carboxylic acid groups (broad SMARTS) is 2. The first-order valence-corrected chi connectivity index (χ1v) is 7.84. The van der Waals surface area contributed by atoms with E-state index in [1.54, 1.807) is 6.07 Å². The molecular weight excluding hydrogens is 370 g/mol. The molecule has 3 N–H and O–H groups in total. The molecule has 4 aromatic rings. The third kappa shape index (κ3) is 2.98. The number of nitrogens with zero attached hydrogens (tertiary/aromatic N) is 6. The van der Waals surface area contributed by atoms with Gasteiger partial charge >= 0.3 is 11.9 Å². The van der Waals surface area contributed by atoms with Gasteiger partial charge in [-0.1, -0.05) is 0 Å². The van der Waals surface area contributed by atoms with Crippen LogP contribution in [0.25, 0.3) is 17.1 Å². The van der Waals surface area contributed by atoms with Crippen LogP contribution < -0.4 is 5.56 Å². The second kappa shape index (κ2) is 6.42. The summed E-state index contributed by atoms with van der Waals surface area (Å²) in [5.74, 6) is -2.20. The molecule has 0 saturated heterocycles. The number of nitrogens with one attached hydrogen (secondary N) is 1. The number of aromatic nitrogens is 7. The molecule has 0 radical (unpaired) electrons. The van der Waals surface area contributed by atoms with Crippen LogP contribution in [-0.4, -0.2) is 56.4 Å². The third-order valence-corrected chi connectivity index (χ3v) is 3.92. The summed E-state index contributed by atoms with van der Waals surface area (Å²) in [5.41, 5.74) is 0.386. The normalized spacial score (nSPS) is 11.0. The molecule has 28 heavy (non-hydrogen) atoms. The number of rotatable bonds is 5. The average molecular weight is 381 g/mol. The second-order valence-corrected chi connectivity index (χ2v) is 5.76. The summed E-state index contributed by atoms with van der Waals surface area (Å²) >= 11 is 0. The Hall–Kier alpha value is -4.35. The number of aromatic amines is 1. The van der Waals surface area contributed by atoms with Gasteiger partial charge < -0.3 is 14.8 Å². The predicted octanol–water partition coefficient (Wildman–Crippen LogP) is 0.145. The summed E-state index contributed by atoms with van der Waals surface area (Å²) < 4.78 is 2.66. The SMILES string of the molecule is O=C(O)c1ccc(Cn2cnc3nc(-n4cc(C(=O)O)cn4)[nH]c(=O)c32)nc1. The molecule has 0 bridgehead atoms. The van der Waals surface area contributed by atoms with Gasteiger partial charge in [0.2, 0.25) is 5.95 Å². The van der Waals surface area contributed by atoms with E-state index >= 15 is 0 Å². The van der Waals surface area contributed by atoms with Crippen molar-refractivity contribution in [1.82, 2.24) is 34.3 Å². The first-order chi connectivity index (χ1) is 13.4. The van der Waals surface area contributed by atoms with Crippen molar-refractivity contribution in [2.75, 3.05) is 0 Å². The second-order valence-electron chi connectivity index (χ2n) is 5.76. The number of fused-ring (bicyclic) bond motifs is 1.